The summed E-state index contributed by atoms with van der Waals surface area (Å²) < 4.78 is 12.5. The van der Waals surface area contributed by atoms with E-state index in [-0.39, 0.29) is 5.91 Å². The van der Waals surface area contributed by atoms with Gasteiger partial charge in [-0.05, 0) is 94.9 Å². The quantitative estimate of drug-likeness (QED) is 0.134. The van der Waals surface area contributed by atoms with Crippen LogP contribution in [0.3, 0.4) is 0 Å². The second kappa shape index (κ2) is 13.0. The zero-order chi connectivity index (χ0) is 25.5. The van der Waals surface area contributed by atoms with Crippen LogP contribution in [-0.2, 0) is 16.1 Å². The van der Waals surface area contributed by atoms with Crippen molar-refractivity contribution in [2.75, 3.05) is 19.8 Å². The van der Waals surface area contributed by atoms with Gasteiger partial charge in [-0.15, -0.1) is 0 Å². The number of ether oxygens (including phenoxy) is 2. The van der Waals surface area contributed by atoms with Gasteiger partial charge in [-0.3, -0.25) is 9.69 Å². The highest BCUT2D eigenvalue weighted by atomic mass is 127. The highest BCUT2D eigenvalue weighted by molar-refractivity contribution is 14.1. The molecular weight excluding hydrogens is 630 g/mol. The van der Waals surface area contributed by atoms with Crippen LogP contribution in [0, 0.1) is 3.57 Å². The number of hydrogen-bond donors (Lipinski definition) is 0. The maximum absolute atomic E-state index is 13.2. The normalized spacial score (nSPS) is 15.8. The molecule has 186 valence electrons. The Hall–Kier alpha value is -2.04. The molecule has 0 spiro atoms. The number of aliphatic imine (C=N–C) groups is 1. The summed E-state index contributed by atoms with van der Waals surface area (Å²) in [6.07, 6.45) is 1.77. The minimum atomic E-state index is -0.138. The number of carbonyl (C=O) groups excluding carboxylic acids is 1. The Balaban J connectivity index is 1.55. The van der Waals surface area contributed by atoms with Gasteiger partial charge in [-0.2, -0.15) is 0 Å². The van der Waals surface area contributed by atoms with Crippen molar-refractivity contribution in [3.8, 4) is 5.75 Å². The molecule has 4 rings (SSSR count). The van der Waals surface area contributed by atoms with Crippen LogP contribution in [0.15, 0.2) is 76.6 Å². The number of amides is 1. The number of benzene rings is 3. The molecule has 0 radical (unpaired) electrons. The van der Waals surface area contributed by atoms with E-state index in [4.69, 9.17) is 32.7 Å². The van der Waals surface area contributed by atoms with Crippen molar-refractivity contribution in [1.29, 1.82) is 0 Å². The van der Waals surface area contributed by atoms with E-state index in [1.165, 1.54) is 11.8 Å². The lowest BCUT2D eigenvalue weighted by Gasteiger charge is -2.15. The van der Waals surface area contributed by atoms with Gasteiger partial charge in [0.15, 0.2) is 10.9 Å². The molecule has 0 saturated carbocycles. The van der Waals surface area contributed by atoms with Crippen LogP contribution in [0.25, 0.3) is 6.08 Å². The molecule has 0 atom stereocenters. The first kappa shape index (κ1) is 27.0. The Morgan fingerprint density at radius 1 is 1.06 bits per heavy atom. The number of nitrogens with zero attached hydrogens (tertiary/aromatic N) is 2. The third kappa shape index (κ3) is 7.04. The van der Waals surface area contributed by atoms with Gasteiger partial charge in [-0.1, -0.05) is 53.5 Å². The zero-order valence-electron chi connectivity index (χ0n) is 19.4. The molecule has 5 nitrogen and oxygen atoms in total. The fourth-order valence-corrected chi connectivity index (χ4v) is 5.39. The molecule has 1 heterocycles. The first-order valence-corrected chi connectivity index (χ1v) is 13.9. The van der Waals surface area contributed by atoms with Gasteiger partial charge in [0.1, 0.15) is 6.61 Å². The molecule has 1 saturated heterocycles. The van der Waals surface area contributed by atoms with Crippen molar-refractivity contribution >= 4 is 80.4 Å². The van der Waals surface area contributed by atoms with Crippen LogP contribution >= 0.6 is 57.6 Å². The summed E-state index contributed by atoms with van der Waals surface area (Å²) in [5, 5.41) is 1.36. The van der Waals surface area contributed by atoms with Crippen LogP contribution in [-0.4, -0.2) is 35.7 Å². The lowest BCUT2D eigenvalue weighted by atomic mass is 10.2. The van der Waals surface area contributed by atoms with Gasteiger partial charge in [0, 0.05) is 10.2 Å². The standard InChI is InChI=1S/C27H23Cl2IN2O3S/c1-2-34-13-12-32-26(33)24(36-27(32)31-21-6-4-3-5-7-21)16-19-14-22(28)25(23(29)15-19)35-17-18-8-10-20(30)11-9-18/h3-11,14-16H,2,12-13,17H2,1H3/b24-16-,31-27?. The number of carbonyl (C=O) groups is 1. The largest absolute Gasteiger partial charge is 0.486 e. The second-order valence-electron chi connectivity index (χ2n) is 7.72. The van der Waals surface area contributed by atoms with E-state index in [0.29, 0.717) is 57.8 Å². The number of hydrogen-bond acceptors (Lipinski definition) is 5. The third-order valence-corrected chi connectivity index (χ3v) is 7.43. The van der Waals surface area contributed by atoms with Crippen molar-refractivity contribution in [3.63, 3.8) is 0 Å². The lowest BCUT2D eigenvalue weighted by molar-refractivity contribution is -0.122. The van der Waals surface area contributed by atoms with Crippen molar-refractivity contribution in [1.82, 2.24) is 4.90 Å². The van der Waals surface area contributed by atoms with E-state index in [1.54, 1.807) is 23.1 Å². The minimum Gasteiger partial charge on any atom is -0.486 e. The van der Waals surface area contributed by atoms with E-state index in [2.05, 4.69) is 27.6 Å². The highest BCUT2D eigenvalue weighted by Gasteiger charge is 2.33. The Labute approximate surface area is 238 Å². The molecule has 0 aliphatic carbocycles. The molecule has 0 bridgehead atoms. The minimum absolute atomic E-state index is 0.138. The topological polar surface area (TPSA) is 51.1 Å². The first-order chi connectivity index (χ1) is 17.4. The van der Waals surface area contributed by atoms with Crippen LogP contribution in [0.1, 0.15) is 18.1 Å². The average molecular weight is 653 g/mol. The Kier molecular flexibility index (Phi) is 9.73. The number of thioether (sulfide) groups is 1. The van der Waals surface area contributed by atoms with Gasteiger partial charge in [0.05, 0.1) is 33.8 Å². The summed E-state index contributed by atoms with van der Waals surface area (Å²) in [6, 6.07) is 21.1. The average Bonchev–Trinajstić information content (AvgIpc) is 3.14. The van der Waals surface area contributed by atoms with Gasteiger partial charge in [-0.25, -0.2) is 4.99 Å². The summed E-state index contributed by atoms with van der Waals surface area (Å²) in [7, 11) is 0. The summed E-state index contributed by atoms with van der Waals surface area (Å²) in [4.78, 5) is 20.1. The van der Waals surface area contributed by atoms with Crippen LogP contribution < -0.4 is 4.74 Å². The molecule has 0 aromatic heterocycles. The fraction of sp³-hybridized carbons (Fsp3) is 0.185. The molecule has 1 amide bonds. The molecule has 1 aliphatic heterocycles. The maximum Gasteiger partial charge on any atom is 0.266 e. The molecule has 9 heteroatoms. The molecule has 0 unspecified atom stereocenters. The summed E-state index contributed by atoms with van der Waals surface area (Å²) in [6.45, 7) is 3.69. The smallest absolute Gasteiger partial charge is 0.266 e. The van der Waals surface area contributed by atoms with Crippen molar-refractivity contribution in [3.05, 3.63) is 96.4 Å². The molecule has 1 aliphatic rings. The van der Waals surface area contributed by atoms with Crippen LogP contribution in [0.4, 0.5) is 5.69 Å². The molecule has 3 aromatic carbocycles. The van der Waals surface area contributed by atoms with Gasteiger partial charge in [0.2, 0.25) is 0 Å². The van der Waals surface area contributed by atoms with Gasteiger partial charge >= 0.3 is 0 Å². The molecule has 1 fully saturated rings. The highest BCUT2D eigenvalue weighted by Crippen LogP contribution is 2.38. The monoisotopic (exact) mass is 652 g/mol. The van der Waals surface area contributed by atoms with Crippen LogP contribution in [0.5, 0.6) is 5.75 Å². The van der Waals surface area contributed by atoms with E-state index in [0.717, 1.165) is 14.8 Å². The fourth-order valence-electron chi connectivity index (χ4n) is 3.39. The second-order valence-corrected chi connectivity index (χ2v) is 10.8. The lowest BCUT2D eigenvalue weighted by Crippen LogP contribution is -2.32. The Bertz CT molecular complexity index is 1260. The SMILES string of the molecule is CCOCCN1C(=O)/C(=C/c2cc(Cl)c(OCc3ccc(I)cc3)c(Cl)c2)SC1=Nc1ccccc1. The van der Waals surface area contributed by atoms with Crippen molar-refractivity contribution < 1.29 is 14.3 Å². The third-order valence-electron chi connectivity index (χ3n) is 5.15. The van der Waals surface area contributed by atoms with Crippen LogP contribution in [0.2, 0.25) is 10.0 Å². The van der Waals surface area contributed by atoms with Crippen molar-refractivity contribution in [2.45, 2.75) is 13.5 Å². The predicted octanol–water partition coefficient (Wildman–Crippen LogP) is 7.82. The molecular formula is C27H23Cl2IN2O3S. The van der Waals surface area contributed by atoms with E-state index < -0.39 is 0 Å². The number of rotatable bonds is 9. The Morgan fingerprint density at radius 3 is 2.42 bits per heavy atom. The first-order valence-electron chi connectivity index (χ1n) is 11.2. The Morgan fingerprint density at radius 2 is 1.75 bits per heavy atom. The number of halogens is 3. The number of amidine groups is 1. The maximum atomic E-state index is 13.2. The van der Waals surface area contributed by atoms with E-state index >= 15 is 0 Å². The summed E-state index contributed by atoms with van der Waals surface area (Å²) in [5.74, 6) is 0.273. The van der Waals surface area contributed by atoms with Crippen molar-refractivity contribution in [2.24, 2.45) is 4.99 Å². The summed E-state index contributed by atoms with van der Waals surface area (Å²) >= 11 is 16.6. The molecule has 3 aromatic rings. The van der Waals surface area contributed by atoms with Gasteiger partial charge < -0.3 is 9.47 Å². The molecule has 36 heavy (non-hydrogen) atoms. The molecule has 0 N–H and O–H groups in total. The van der Waals surface area contributed by atoms with E-state index in [1.807, 2.05) is 61.5 Å². The zero-order valence-corrected chi connectivity index (χ0v) is 23.9. The summed E-state index contributed by atoms with van der Waals surface area (Å²) in [5.41, 5.74) is 2.49. The number of para-hydroxylation sites is 1. The van der Waals surface area contributed by atoms with E-state index in [9.17, 15) is 4.79 Å². The van der Waals surface area contributed by atoms with Gasteiger partial charge in [0.25, 0.3) is 5.91 Å². The predicted molar refractivity (Wildman–Crippen MR) is 157 cm³/mol.